The topological polar surface area (TPSA) is 40.2 Å². The molecule has 0 bridgehead atoms. The smallest absolute Gasteiger partial charge is 0.374 e. The Kier molecular flexibility index (Phi) is 5.77. The Morgan fingerprint density at radius 1 is 0.917 bits per heavy atom. The maximum atomic E-state index is 6.64. The van der Waals surface area contributed by atoms with Crippen molar-refractivity contribution in [1.82, 2.24) is 0 Å². The first-order valence-corrected chi connectivity index (χ1v) is 12.3. The molecule has 0 spiro atoms. The van der Waals surface area contributed by atoms with E-state index < -0.39 is 8.56 Å². The minimum atomic E-state index is -2.51. The quantitative estimate of drug-likeness (QED) is 0.479. The van der Waals surface area contributed by atoms with Gasteiger partial charge in [-0.05, 0) is 58.4 Å². The Bertz CT molecular complexity index is 420. The van der Waals surface area contributed by atoms with Crippen LogP contribution in [0.5, 0.6) is 0 Å². The molecule has 3 unspecified atom stereocenters. The van der Waals surface area contributed by atoms with Crippen LogP contribution >= 0.6 is 0 Å². The van der Waals surface area contributed by atoms with E-state index in [9.17, 15) is 0 Å². The first-order valence-electron chi connectivity index (χ1n) is 10.3. The molecule has 0 radical (unpaired) electrons. The Hall–Kier alpha value is 0.0569. The molecule has 1 aliphatic carbocycles. The molecule has 140 valence electrons. The Balaban J connectivity index is 2.04. The lowest BCUT2D eigenvalue weighted by molar-refractivity contribution is -0.101. The third kappa shape index (κ3) is 2.54. The summed E-state index contributed by atoms with van der Waals surface area (Å²) in [5, 5.41) is -0.355. The predicted octanol–water partition coefficient (Wildman–Crippen LogP) is 4.35. The van der Waals surface area contributed by atoms with Gasteiger partial charge in [-0.1, -0.05) is 26.2 Å². The van der Waals surface area contributed by atoms with Crippen molar-refractivity contribution in [2.75, 3.05) is 19.8 Å². The molecule has 3 atom stereocenters. The molecule has 3 aliphatic rings. The molecule has 1 saturated carbocycles. The van der Waals surface area contributed by atoms with Gasteiger partial charge in [-0.2, -0.15) is 0 Å². The molecule has 2 aliphatic heterocycles. The molecule has 3 fully saturated rings. The second-order valence-electron chi connectivity index (χ2n) is 7.51. The van der Waals surface area contributed by atoms with Gasteiger partial charge in [0.05, 0.1) is 6.10 Å². The maximum Gasteiger partial charge on any atom is 0.374 e. The van der Waals surface area contributed by atoms with Gasteiger partial charge in [0.2, 0.25) is 0 Å². The van der Waals surface area contributed by atoms with E-state index in [1.807, 2.05) is 0 Å². The van der Waals surface area contributed by atoms with E-state index >= 15 is 0 Å². The lowest BCUT2D eigenvalue weighted by atomic mass is 9.73. The molecule has 0 aromatic heterocycles. The molecule has 0 aromatic carbocycles. The molecular formula is C19H36O4Si. The Morgan fingerprint density at radius 3 is 2.12 bits per heavy atom. The summed E-state index contributed by atoms with van der Waals surface area (Å²) in [4.78, 5) is 0. The summed E-state index contributed by atoms with van der Waals surface area (Å²) in [6, 6.07) is 1.00. The van der Waals surface area contributed by atoms with E-state index in [1.165, 1.54) is 32.1 Å². The van der Waals surface area contributed by atoms with Gasteiger partial charge in [0.15, 0.2) is 0 Å². The largest absolute Gasteiger partial charge is 0.393 e. The van der Waals surface area contributed by atoms with Crippen LogP contribution in [0.3, 0.4) is 0 Å². The van der Waals surface area contributed by atoms with Crippen molar-refractivity contribution >= 4 is 8.56 Å². The van der Waals surface area contributed by atoms with Gasteiger partial charge in [0.25, 0.3) is 0 Å². The van der Waals surface area contributed by atoms with Gasteiger partial charge in [-0.3, -0.25) is 0 Å². The normalized spacial score (nSPS) is 38.8. The van der Waals surface area contributed by atoms with Gasteiger partial charge in [0.1, 0.15) is 10.8 Å². The fraction of sp³-hybridized carbons (Fsp3) is 1.00. The molecule has 2 heterocycles. The third-order valence-corrected chi connectivity index (χ3v) is 11.2. The summed E-state index contributed by atoms with van der Waals surface area (Å²) in [6.45, 7) is 10.6. The van der Waals surface area contributed by atoms with Crippen LogP contribution in [0.2, 0.25) is 6.04 Å². The Labute approximate surface area is 148 Å². The summed E-state index contributed by atoms with van der Waals surface area (Å²) in [6.07, 6.45) is 8.93. The van der Waals surface area contributed by atoms with E-state index in [-0.39, 0.29) is 10.8 Å². The average Bonchev–Trinajstić information content (AvgIpc) is 3.35. The summed E-state index contributed by atoms with van der Waals surface area (Å²) in [7, 11) is -2.51. The summed E-state index contributed by atoms with van der Waals surface area (Å²) < 4.78 is 26.2. The fourth-order valence-electron chi connectivity index (χ4n) is 5.87. The van der Waals surface area contributed by atoms with Crippen LogP contribution in [0.1, 0.15) is 72.6 Å². The standard InChI is InChI=1S/C19H36O4Si/c1-5-18(20-6-2)19(16-12-10-9-11-13-16)17(23-19)14-15-24(18,21-7-3)22-8-4/h16-17H,5-15H2,1-4H3. The van der Waals surface area contributed by atoms with E-state index in [4.69, 9.17) is 18.3 Å². The zero-order valence-electron chi connectivity index (χ0n) is 16.1. The molecule has 4 nitrogen and oxygen atoms in total. The second-order valence-corrected chi connectivity index (χ2v) is 10.9. The minimum absolute atomic E-state index is 0.146. The highest BCUT2D eigenvalue weighted by Crippen LogP contribution is 2.65. The third-order valence-electron chi connectivity index (χ3n) is 6.60. The fourth-order valence-corrected chi connectivity index (χ4v) is 10.6. The molecule has 0 amide bonds. The number of rotatable bonds is 8. The van der Waals surface area contributed by atoms with Crippen molar-refractivity contribution in [3.8, 4) is 0 Å². The highest BCUT2D eigenvalue weighted by atomic mass is 28.4. The molecule has 24 heavy (non-hydrogen) atoms. The zero-order valence-corrected chi connectivity index (χ0v) is 17.1. The number of hydrogen-bond acceptors (Lipinski definition) is 4. The van der Waals surface area contributed by atoms with Crippen molar-refractivity contribution in [3.05, 3.63) is 0 Å². The summed E-state index contributed by atoms with van der Waals surface area (Å²) in [5.74, 6) is 0.607. The van der Waals surface area contributed by atoms with Crippen molar-refractivity contribution in [2.24, 2.45) is 5.92 Å². The summed E-state index contributed by atoms with van der Waals surface area (Å²) in [5.41, 5.74) is -0.146. The number of fused-ring (bicyclic) bond motifs is 1. The van der Waals surface area contributed by atoms with Crippen LogP contribution in [-0.2, 0) is 18.3 Å². The van der Waals surface area contributed by atoms with Gasteiger partial charge in [0, 0.05) is 19.8 Å². The van der Waals surface area contributed by atoms with Gasteiger partial charge in [-0.15, -0.1) is 0 Å². The maximum absolute atomic E-state index is 6.64. The van der Waals surface area contributed by atoms with Crippen molar-refractivity contribution in [3.63, 3.8) is 0 Å². The zero-order chi connectivity index (χ0) is 17.3. The SMILES string of the molecule is CCOC1(CC)C2(C3CCCCC3)OC2CC[Si]1(OCC)OCC. The second kappa shape index (κ2) is 7.35. The molecule has 3 rings (SSSR count). The van der Waals surface area contributed by atoms with Crippen molar-refractivity contribution < 1.29 is 18.3 Å². The first-order chi connectivity index (χ1) is 11.7. The molecule has 5 heteroatoms. The monoisotopic (exact) mass is 356 g/mol. The van der Waals surface area contributed by atoms with Crippen molar-refractivity contribution in [1.29, 1.82) is 0 Å². The van der Waals surface area contributed by atoms with E-state index in [0.29, 0.717) is 31.8 Å². The molecule has 0 aromatic rings. The average molecular weight is 357 g/mol. The number of ether oxygens (including phenoxy) is 2. The number of epoxide rings is 1. The summed E-state index contributed by atoms with van der Waals surface area (Å²) >= 11 is 0. The van der Waals surface area contributed by atoms with Crippen LogP contribution in [0.15, 0.2) is 0 Å². The van der Waals surface area contributed by atoms with Crippen LogP contribution in [-0.4, -0.2) is 45.3 Å². The molecule has 2 saturated heterocycles. The van der Waals surface area contributed by atoms with Crippen LogP contribution in [0.25, 0.3) is 0 Å². The first kappa shape index (κ1) is 18.8. The van der Waals surface area contributed by atoms with Gasteiger partial charge in [-0.25, -0.2) is 0 Å². The van der Waals surface area contributed by atoms with Gasteiger partial charge >= 0.3 is 8.56 Å². The van der Waals surface area contributed by atoms with Crippen LogP contribution in [0.4, 0.5) is 0 Å². The van der Waals surface area contributed by atoms with E-state index in [1.54, 1.807) is 0 Å². The Morgan fingerprint density at radius 2 is 1.58 bits per heavy atom. The van der Waals surface area contributed by atoms with E-state index in [2.05, 4.69) is 27.7 Å². The highest BCUT2D eigenvalue weighted by molar-refractivity contribution is 6.71. The highest BCUT2D eigenvalue weighted by Gasteiger charge is 2.83. The molecule has 0 N–H and O–H groups in total. The van der Waals surface area contributed by atoms with Crippen molar-refractivity contribution in [2.45, 2.75) is 95.6 Å². The minimum Gasteiger partial charge on any atom is -0.393 e. The van der Waals surface area contributed by atoms with Crippen LogP contribution in [0, 0.1) is 5.92 Å². The van der Waals surface area contributed by atoms with Crippen LogP contribution < -0.4 is 0 Å². The lowest BCUT2D eigenvalue weighted by Crippen LogP contribution is -2.74. The molecular weight excluding hydrogens is 320 g/mol. The lowest BCUT2D eigenvalue weighted by Gasteiger charge is -2.54. The number of hydrogen-bond donors (Lipinski definition) is 0. The van der Waals surface area contributed by atoms with Gasteiger partial charge < -0.3 is 18.3 Å². The predicted molar refractivity (Wildman–Crippen MR) is 97.3 cm³/mol. The van der Waals surface area contributed by atoms with E-state index in [0.717, 1.165) is 18.9 Å².